The van der Waals surface area contributed by atoms with E-state index in [-0.39, 0.29) is 0 Å². The van der Waals surface area contributed by atoms with E-state index in [0.717, 1.165) is 12.2 Å². The number of carbonyl (C=O) groups excluding carboxylic acids is 1. The summed E-state index contributed by atoms with van der Waals surface area (Å²) in [6.45, 7) is 2.87. The molecule has 1 heterocycles. The van der Waals surface area contributed by atoms with E-state index in [9.17, 15) is 9.90 Å². The molecule has 22 heavy (non-hydrogen) atoms. The summed E-state index contributed by atoms with van der Waals surface area (Å²) in [7, 11) is 0. The first-order valence-electron chi connectivity index (χ1n) is 6.79. The Morgan fingerprint density at radius 3 is 2.68 bits per heavy atom. The Bertz CT molecular complexity index is 640. The third-order valence-corrected chi connectivity index (χ3v) is 3.55. The molecule has 0 spiro atoms. The topological polar surface area (TPSA) is 80.0 Å². The number of carbonyl (C=O) groups is 1. The van der Waals surface area contributed by atoms with Gasteiger partial charge in [-0.1, -0.05) is 30.1 Å². The second-order valence-electron chi connectivity index (χ2n) is 4.69. The van der Waals surface area contributed by atoms with Gasteiger partial charge >= 0.3 is 0 Å². The van der Waals surface area contributed by atoms with Crippen molar-refractivity contribution in [3.05, 3.63) is 46.0 Å². The summed E-state index contributed by atoms with van der Waals surface area (Å²) in [5, 5.41) is 21.2. The fraction of sp³-hybridized carbons (Fsp3) is 0.357. The number of nitrogens with zero attached hydrogens (tertiary/aromatic N) is 3. The van der Waals surface area contributed by atoms with Crippen molar-refractivity contribution < 1.29 is 9.90 Å². The van der Waals surface area contributed by atoms with Crippen molar-refractivity contribution in [2.24, 2.45) is 0 Å². The van der Waals surface area contributed by atoms with Crippen molar-refractivity contribution in [1.82, 2.24) is 20.1 Å². The van der Waals surface area contributed by atoms with E-state index < -0.39 is 12.0 Å². The lowest BCUT2D eigenvalue weighted by Gasteiger charge is -2.13. The van der Waals surface area contributed by atoms with E-state index in [1.807, 2.05) is 11.5 Å². The molecule has 2 N–H and O–H groups in total. The predicted molar refractivity (Wildman–Crippen MR) is 83.8 cm³/mol. The molecular formula is C14H16Cl2N4O2. The Morgan fingerprint density at radius 1 is 1.36 bits per heavy atom. The first kappa shape index (κ1) is 16.7. The van der Waals surface area contributed by atoms with Crippen LogP contribution in [0.5, 0.6) is 0 Å². The Labute approximate surface area is 138 Å². The highest BCUT2D eigenvalue weighted by Crippen LogP contribution is 2.23. The van der Waals surface area contributed by atoms with Gasteiger partial charge in [-0.25, -0.2) is 0 Å². The van der Waals surface area contributed by atoms with Gasteiger partial charge in [0.2, 0.25) is 0 Å². The Balaban J connectivity index is 1.91. The minimum Gasteiger partial charge on any atom is -0.378 e. The Hall–Kier alpha value is -1.63. The van der Waals surface area contributed by atoms with E-state index in [0.29, 0.717) is 28.7 Å². The first-order chi connectivity index (χ1) is 10.5. The maximum absolute atomic E-state index is 12.0. The van der Waals surface area contributed by atoms with Crippen LogP contribution in [0.2, 0.25) is 10.0 Å². The molecule has 1 aromatic heterocycles. The molecule has 0 bridgehead atoms. The molecule has 6 nitrogen and oxygen atoms in total. The van der Waals surface area contributed by atoms with E-state index in [1.54, 1.807) is 6.33 Å². The van der Waals surface area contributed by atoms with Crippen molar-refractivity contribution in [3.8, 4) is 0 Å². The lowest BCUT2D eigenvalue weighted by molar-refractivity contribution is -0.129. The minimum atomic E-state index is -1.32. The molecule has 0 saturated carbocycles. The van der Waals surface area contributed by atoms with Gasteiger partial charge in [0.15, 0.2) is 6.10 Å². The molecule has 2 aromatic rings. The smallest absolute Gasteiger partial charge is 0.253 e. The molecule has 0 aliphatic carbocycles. The number of aliphatic hydroxyl groups excluding tert-OH is 1. The normalized spacial score (nSPS) is 12.2. The number of aliphatic hydroxyl groups is 1. The summed E-state index contributed by atoms with van der Waals surface area (Å²) in [5.74, 6) is 0.334. The first-order valence-corrected chi connectivity index (χ1v) is 7.55. The standard InChI is InChI=1S/C14H16Cl2N4O2/c1-2-12-19-18-8-20(12)4-3-17-14(22)13(21)9-5-10(15)7-11(16)6-9/h5-8,13,21H,2-4H2,1H3,(H,17,22). The number of benzene rings is 1. The SMILES string of the molecule is CCc1nncn1CCNC(=O)C(O)c1cc(Cl)cc(Cl)c1. The zero-order valence-corrected chi connectivity index (χ0v) is 13.5. The van der Waals surface area contributed by atoms with Crippen molar-refractivity contribution in [2.45, 2.75) is 26.0 Å². The number of nitrogens with one attached hydrogen (secondary N) is 1. The number of hydrogen-bond acceptors (Lipinski definition) is 4. The van der Waals surface area contributed by atoms with Crippen LogP contribution in [0.15, 0.2) is 24.5 Å². The third-order valence-electron chi connectivity index (χ3n) is 3.11. The highest BCUT2D eigenvalue weighted by molar-refractivity contribution is 6.34. The number of aromatic nitrogens is 3. The van der Waals surface area contributed by atoms with Crippen LogP contribution in [0, 0.1) is 0 Å². The van der Waals surface area contributed by atoms with Gasteiger partial charge in [0.05, 0.1) is 0 Å². The molecule has 0 saturated heterocycles. The van der Waals surface area contributed by atoms with E-state index in [2.05, 4.69) is 15.5 Å². The molecule has 0 radical (unpaired) electrons. The number of amides is 1. The third kappa shape index (κ3) is 4.19. The van der Waals surface area contributed by atoms with Gasteiger partial charge in [0, 0.05) is 29.6 Å². The number of aryl methyl sites for hydroxylation is 1. The molecule has 0 fully saturated rings. The van der Waals surface area contributed by atoms with Gasteiger partial charge in [-0.15, -0.1) is 10.2 Å². The molecular weight excluding hydrogens is 327 g/mol. The zero-order chi connectivity index (χ0) is 16.1. The fourth-order valence-electron chi connectivity index (χ4n) is 2.02. The van der Waals surface area contributed by atoms with Crippen LogP contribution in [0.1, 0.15) is 24.4 Å². The van der Waals surface area contributed by atoms with Crippen LogP contribution in [-0.4, -0.2) is 32.3 Å². The highest BCUT2D eigenvalue weighted by atomic mass is 35.5. The highest BCUT2D eigenvalue weighted by Gasteiger charge is 2.18. The lowest BCUT2D eigenvalue weighted by atomic mass is 10.1. The van der Waals surface area contributed by atoms with Crippen molar-refractivity contribution >= 4 is 29.1 Å². The summed E-state index contributed by atoms with van der Waals surface area (Å²) in [6.07, 6.45) is 1.05. The summed E-state index contributed by atoms with van der Waals surface area (Å²) in [6, 6.07) is 4.55. The van der Waals surface area contributed by atoms with E-state index >= 15 is 0 Å². The average molecular weight is 343 g/mol. The van der Waals surface area contributed by atoms with Gasteiger partial charge < -0.3 is 15.0 Å². The lowest BCUT2D eigenvalue weighted by Crippen LogP contribution is -2.32. The second-order valence-corrected chi connectivity index (χ2v) is 5.56. The summed E-state index contributed by atoms with van der Waals surface area (Å²) < 4.78 is 1.85. The van der Waals surface area contributed by atoms with Crippen molar-refractivity contribution in [3.63, 3.8) is 0 Å². The molecule has 1 amide bonds. The number of rotatable bonds is 6. The van der Waals surface area contributed by atoms with E-state index in [4.69, 9.17) is 23.2 Å². The fourth-order valence-corrected chi connectivity index (χ4v) is 2.56. The van der Waals surface area contributed by atoms with Crippen LogP contribution in [0.25, 0.3) is 0 Å². The maximum atomic E-state index is 12.0. The second kappa shape index (κ2) is 7.58. The quantitative estimate of drug-likeness (QED) is 0.841. The van der Waals surface area contributed by atoms with Gasteiger partial charge in [-0.3, -0.25) is 4.79 Å². The molecule has 2 rings (SSSR count). The molecule has 0 aliphatic heterocycles. The predicted octanol–water partition coefficient (Wildman–Crippen LogP) is 2.00. The molecule has 1 aromatic carbocycles. The molecule has 1 atom stereocenters. The van der Waals surface area contributed by atoms with Gasteiger partial charge in [0.25, 0.3) is 5.91 Å². The van der Waals surface area contributed by atoms with Gasteiger partial charge in [0.1, 0.15) is 12.2 Å². The van der Waals surface area contributed by atoms with Crippen molar-refractivity contribution in [2.75, 3.05) is 6.54 Å². The summed E-state index contributed by atoms with van der Waals surface area (Å²) >= 11 is 11.7. The minimum absolute atomic E-state index is 0.355. The van der Waals surface area contributed by atoms with Gasteiger partial charge in [-0.2, -0.15) is 0 Å². The molecule has 8 heteroatoms. The maximum Gasteiger partial charge on any atom is 0.253 e. The number of halogens is 2. The van der Waals surface area contributed by atoms with Gasteiger partial charge in [-0.05, 0) is 23.8 Å². The summed E-state index contributed by atoms with van der Waals surface area (Å²) in [4.78, 5) is 12.0. The van der Waals surface area contributed by atoms with Crippen LogP contribution in [-0.2, 0) is 17.8 Å². The molecule has 0 aliphatic rings. The van der Waals surface area contributed by atoms with Crippen molar-refractivity contribution in [1.29, 1.82) is 0 Å². The monoisotopic (exact) mass is 342 g/mol. The Kier molecular flexibility index (Phi) is 5.76. The van der Waals surface area contributed by atoms with Crippen LogP contribution in [0.4, 0.5) is 0 Å². The molecule has 118 valence electrons. The average Bonchev–Trinajstić information content (AvgIpc) is 2.92. The van der Waals surface area contributed by atoms with Crippen LogP contribution in [0.3, 0.4) is 0 Å². The zero-order valence-electron chi connectivity index (χ0n) is 12.0. The largest absolute Gasteiger partial charge is 0.378 e. The van der Waals surface area contributed by atoms with E-state index in [1.165, 1.54) is 18.2 Å². The molecule has 1 unspecified atom stereocenters. The number of hydrogen-bond donors (Lipinski definition) is 2. The summed E-state index contributed by atoms with van der Waals surface area (Å²) in [5.41, 5.74) is 0.355. The van der Waals surface area contributed by atoms with Crippen LogP contribution < -0.4 is 5.32 Å². The Morgan fingerprint density at radius 2 is 2.05 bits per heavy atom. The van der Waals surface area contributed by atoms with Crippen LogP contribution >= 0.6 is 23.2 Å².